The Hall–Kier alpha value is -6.14. The number of fused-ring (bicyclic) bond motifs is 4. The molecule has 1 aliphatic heterocycles. The van der Waals surface area contributed by atoms with E-state index in [2.05, 4.69) is 231 Å². The zero-order chi connectivity index (χ0) is 36.4. The van der Waals surface area contributed by atoms with Crippen LogP contribution in [0.1, 0.15) is 5.56 Å². The Balaban J connectivity index is 1.23. The summed E-state index contributed by atoms with van der Waals surface area (Å²) in [7, 11) is 0. The molecule has 0 N–H and O–H groups in total. The third kappa shape index (κ3) is 6.53. The molecular formula is C49H36BrN3S. The summed E-state index contributed by atoms with van der Waals surface area (Å²) in [5.41, 5.74) is 10.6. The van der Waals surface area contributed by atoms with Crippen molar-refractivity contribution in [1.29, 1.82) is 0 Å². The van der Waals surface area contributed by atoms with Crippen LogP contribution >= 0.6 is 27.3 Å². The lowest BCUT2D eigenvalue weighted by Gasteiger charge is -2.32. The zero-order valence-corrected chi connectivity index (χ0v) is 31.9. The number of rotatable bonds is 7. The molecule has 0 radical (unpaired) electrons. The zero-order valence-electron chi connectivity index (χ0n) is 29.5. The fourth-order valence-electron chi connectivity index (χ4n) is 7.33. The molecule has 0 atom stereocenters. The molecule has 1 aliphatic rings. The molecule has 0 bridgehead atoms. The fraction of sp³-hybridized carbons (Fsp3) is 0.0204. The van der Waals surface area contributed by atoms with Crippen molar-refractivity contribution in [3.8, 4) is 0 Å². The minimum atomic E-state index is 0.722. The molecule has 3 nitrogen and oxygen atoms in total. The number of hydrogen-bond acceptors (Lipinski definition) is 4. The number of benzene rings is 7. The normalized spacial score (nSPS) is 13.9. The number of nitrogens with zero attached hydrogens (tertiary/aromatic N) is 3. The van der Waals surface area contributed by atoms with Gasteiger partial charge in [0.2, 0.25) is 0 Å². The summed E-state index contributed by atoms with van der Waals surface area (Å²) in [4.78, 5) is 7.06. The van der Waals surface area contributed by atoms with Crippen molar-refractivity contribution in [2.45, 2.75) is 0 Å². The minimum absolute atomic E-state index is 0.722. The van der Waals surface area contributed by atoms with E-state index in [1.807, 2.05) is 11.3 Å². The van der Waals surface area contributed by atoms with E-state index in [0.29, 0.717) is 0 Å². The SMILES string of the molecule is C=C1/C=C\C=C/CN(c2ccccc2)c2cc(N(c3ccccc3)c3cc(Br)cc(N(c4ccccc4)c4ccc5sc6ccccc6c5c4)c3)ccc21. The molecule has 0 spiro atoms. The van der Waals surface area contributed by atoms with Gasteiger partial charge < -0.3 is 14.7 Å². The maximum absolute atomic E-state index is 4.48. The first-order valence-electron chi connectivity index (χ1n) is 18.0. The van der Waals surface area contributed by atoms with E-state index in [1.54, 1.807) is 0 Å². The van der Waals surface area contributed by atoms with Crippen LogP contribution in [-0.2, 0) is 0 Å². The average molecular weight is 779 g/mol. The molecule has 0 unspecified atom stereocenters. The van der Waals surface area contributed by atoms with Gasteiger partial charge in [0.1, 0.15) is 0 Å². The van der Waals surface area contributed by atoms with Crippen LogP contribution in [0, 0.1) is 0 Å². The number of allylic oxidation sites excluding steroid dienone is 4. The van der Waals surface area contributed by atoms with Gasteiger partial charge in [-0.2, -0.15) is 0 Å². The Labute approximate surface area is 328 Å². The molecule has 0 amide bonds. The van der Waals surface area contributed by atoms with Gasteiger partial charge in [-0.05, 0) is 96.6 Å². The van der Waals surface area contributed by atoms with Crippen molar-refractivity contribution in [3.63, 3.8) is 0 Å². The summed E-state index contributed by atoms with van der Waals surface area (Å²) in [5, 5.41) is 2.55. The van der Waals surface area contributed by atoms with Gasteiger partial charge in [-0.1, -0.05) is 126 Å². The number of anilines is 8. The second-order valence-electron chi connectivity index (χ2n) is 13.2. The Bertz CT molecular complexity index is 2680. The summed E-state index contributed by atoms with van der Waals surface area (Å²) < 4.78 is 3.56. The second-order valence-corrected chi connectivity index (χ2v) is 15.2. The van der Waals surface area contributed by atoms with Crippen LogP contribution in [-0.4, -0.2) is 6.54 Å². The smallest absolute Gasteiger partial charge is 0.0514 e. The van der Waals surface area contributed by atoms with Crippen LogP contribution in [0.25, 0.3) is 25.7 Å². The summed E-state index contributed by atoms with van der Waals surface area (Å²) in [5.74, 6) is 0. The van der Waals surface area contributed by atoms with Gasteiger partial charge in [0.15, 0.2) is 0 Å². The van der Waals surface area contributed by atoms with Gasteiger partial charge in [-0.3, -0.25) is 0 Å². The minimum Gasteiger partial charge on any atom is -0.337 e. The number of para-hydroxylation sites is 3. The lowest BCUT2D eigenvalue weighted by atomic mass is 10.0. The molecule has 0 saturated heterocycles. The molecule has 8 aromatic rings. The molecule has 9 rings (SSSR count). The lowest BCUT2D eigenvalue weighted by molar-refractivity contribution is 1.09. The van der Waals surface area contributed by atoms with Crippen molar-refractivity contribution in [1.82, 2.24) is 0 Å². The van der Waals surface area contributed by atoms with Gasteiger partial charge in [-0.15, -0.1) is 11.3 Å². The van der Waals surface area contributed by atoms with E-state index in [4.69, 9.17) is 0 Å². The first-order valence-corrected chi connectivity index (χ1v) is 19.6. The third-order valence-electron chi connectivity index (χ3n) is 9.81. The molecule has 2 heterocycles. The largest absolute Gasteiger partial charge is 0.337 e. The van der Waals surface area contributed by atoms with Gasteiger partial charge in [0.25, 0.3) is 0 Å². The highest BCUT2D eigenvalue weighted by atomic mass is 79.9. The number of halogens is 1. The standard InChI is InChI=1S/C49H36BrN3S/c1-35-16-6-5-15-29-51(37-17-7-2-8-18-37)47-34-41(25-27-44(35)47)53(39-21-11-4-12-22-39)43-31-36(50)30-42(32-43)52(38-19-9-3-10-20-38)40-26-28-49-46(33-40)45-23-13-14-24-48(45)54-49/h2-28,30-34H,1,29H2/b15-5-,16-6-. The van der Waals surface area contributed by atoms with Crippen molar-refractivity contribution in [2.24, 2.45) is 0 Å². The summed E-state index contributed by atoms with van der Waals surface area (Å²) >= 11 is 5.80. The molecule has 54 heavy (non-hydrogen) atoms. The fourth-order valence-corrected chi connectivity index (χ4v) is 8.89. The maximum atomic E-state index is 4.48. The van der Waals surface area contributed by atoms with Crippen molar-refractivity contribution < 1.29 is 0 Å². The first kappa shape index (κ1) is 33.7. The van der Waals surface area contributed by atoms with Crippen LogP contribution in [0.15, 0.2) is 205 Å². The first-order chi connectivity index (χ1) is 26.6. The molecule has 7 aromatic carbocycles. The highest BCUT2D eigenvalue weighted by molar-refractivity contribution is 9.10. The maximum Gasteiger partial charge on any atom is 0.0514 e. The van der Waals surface area contributed by atoms with Crippen molar-refractivity contribution >= 4 is 98.5 Å². The van der Waals surface area contributed by atoms with Crippen LogP contribution in [0.5, 0.6) is 0 Å². The van der Waals surface area contributed by atoms with Crippen LogP contribution in [0.4, 0.5) is 45.5 Å². The van der Waals surface area contributed by atoms with E-state index >= 15 is 0 Å². The van der Waals surface area contributed by atoms with E-state index in [-0.39, 0.29) is 0 Å². The lowest BCUT2D eigenvalue weighted by Crippen LogP contribution is -2.19. The van der Waals surface area contributed by atoms with E-state index in [0.717, 1.165) is 67.7 Å². The molecule has 5 heteroatoms. The highest BCUT2D eigenvalue weighted by Gasteiger charge is 2.22. The Morgan fingerprint density at radius 2 is 1.11 bits per heavy atom. The Morgan fingerprint density at radius 1 is 0.519 bits per heavy atom. The quantitative estimate of drug-likeness (QED) is 0.160. The summed E-state index contributed by atoms with van der Waals surface area (Å²) in [6.45, 7) is 5.20. The Morgan fingerprint density at radius 3 is 1.81 bits per heavy atom. The van der Waals surface area contributed by atoms with Crippen LogP contribution in [0.3, 0.4) is 0 Å². The summed E-state index contributed by atoms with van der Waals surface area (Å²) in [6.07, 6.45) is 8.46. The monoisotopic (exact) mass is 777 g/mol. The van der Waals surface area contributed by atoms with Crippen molar-refractivity contribution in [2.75, 3.05) is 21.2 Å². The van der Waals surface area contributed by atoms with Gasteiger partial charge in [-0.25, -0.2) is 0 Å². The Kier molecular flexibility index (Phi) is 9.17. The molecular weight excluding hydrogens is 743 g/mol. The van der Waals surface area contributed by atoms with E-state index in [9.17, 15) is 0 Å². The average Bonchev–Trinajstić information content (AvgIpc) is 3.61. The molecule has 1 aromatic heterocycles. The van der Waals surface area contributed by atoms with Gasteiger partial charge >= 0.3 is 0 Å². The van der Waals surface area contributed by atoms with Gasteiger partial charge in [0.05, 0.1) is 5.69 Å². The highest BCUT2D eigenvalue weighted by Crippen LogP contribution is 2.46. The summed E-state index contributed by atoms with van der Waals surface area (Å²) in [6, 6.07) is 60.8. The number of thiophene rings is 1. The predicted molar refractivity (Wildman–Crippen MR) is 237 cm³/mol. The predicted octanol–water partition coefficient (Wildman–Crippen LogP) is 15.0. The van der Waals surface area contributed by atoms with E-state index in [1.165, 1.54) is 20.2 Å². The van der Waals surface area contributed by atoms with Crippen LogP contribution < -0.4 is 14.7 Å². The van der Waals surface area contributed by atoms with Gasteiger partial charge in [0, 0.05) is 76.6 Å². The molecule has 0 saturated carbocycles. The topological polar surface area (TPSA) is 9.72 Å². The second kappa shape index (κ2) is 14.7. The molecule has 260 valence electrons. The number of hydrogen-bond donors (Lipinski definition) is 0. The van der Waals surface area contributed by atoms with Crippen molar-refractivity contribution in [3.05, 3.63) is 211 Å². The van der Waals surface area contributed by atoms with Crippen LogP contribution in [0.2, 0.25) is 0 Å². The third-order valence-corrected chi connectivity index (χ3v) is 11.4. The van der Waals surface area contributed by atoms with E-state index < -0.39 is 0 Å². The molecule has 0 fully saturated rings. The molecule has 0 aliphatic carbocycles.